The highest BCUT2D eigenvalue weighted by Crippen LogP contribution is 2.37. The number of carbonyl (C=O) groups is 1. The van der Waals surface area contributed by atoms with Crippen LogP contribution < -0.4 is 0 Å². The van der Waals surface area contributed by atoms with Crippen molar-refractivity contribution >= 4 is 5.78 Å². The molecule has 0 saturated heterocycles. The second-order valence-electron chi connectivity index (χ2n) is 5.09. The molecule has 1 aliphatic rings. The molecular weight excluding hydrogens is 236 g/mol. The van der Waals surface area contributed by atoms with Crippen molar-refractivity contribution in [2.24, 2.45) is 0 Å². The average Bonchev–Trinajstić information content (AvgIpc) is 2.82. The Labute approximate surface area is 106 Å². The van der Waals surface area contributed by atoms with Gasteiger partial charge in [-0.15, -0.1) is 0 Å². The van der Waals surface area contributed by atoms with Crippen molar-refractivity contribution in [2.75, 3.05) is 14.1 Å². The van der Waals surface area contributed by atoms with Crippen LogP contribution in [0, 0.1) is 11.6 Å². The van der Waals surface area contributed by atoms with Crippen LogP contribution in [-0.4, -0.2) is 30.3 Å². The first-order chi connectivity index (χ1) is 8.47. The molecule has 0 radical (unpaired) electrons. The zero-order valence-corrected chi connectivity index (χ0v) is 10.7. The Balaban J connectivity index is 2.43. The van der Waals surface area contributed by atoms with E-state index in [1.807, 2.05) is 19.0 Å². The zero-order chi connectivity index (χ0) is 13.3. The first-order valence-corrected chi connectivity index (χ1v) is 6.15. The molecule has 18 heavy (non-hydrogen) atoms. The molecule has 1 aromatic carbocycles. The smallest absolute Gasteiger partial charge is 0.186 e. The maximum absolute atomic E-state index is 13.7. The summed E-state index contributed by atoms with van der Waals surface area (Å²) in [5.74, 6) is -1.52. The molecule has 0 atom stereocenters. The van der Waals surface area contributed by atoms with Crippen molar-refractivity contribution in [1.82, 2.24) is 4.90 Å². The van der Waals surface area contributed by atoms with Gasteiger partial charge in [0.05, 0.1) is 11.1 Å². The fraction of sp³-hybridized carbons (Fsp3) is 0.500. The highest BCUT2D eigenvalue weighted by Gasteiger charge is 2.44. The highest BCUT2D eigenvalue weighted by atomic mass is 19.1. The van der Waals surface area contributed by atoms with E-state index < -0.39 is 17.2 Å². The van der Waals surface area contributed by atoms with Crippen LogP contribution in [0.2, 0.25) is 0 Å². The Morgan fingerprint density at radius 1 is 1.22 bits per heavy atom. The summed E-state index contributed by atoms with van der Waals surface area (Å²) < 4.78 is 26.9. The van der Waals surface area contributed by atoms with E-state index in [9.17, 15) is 13.6 Å². The lowest BCUT2D eigenvalue weighted by molar-refractivity contribution is 0.0688. The number of hydrogen-bond donors (Lipinski definition) is 0. The molecule has 2 rings (SSSR count). The van der Waals surface area contributed by atoms with E-state index in [2.05, 4.69) is 0 Å². The Bertz CT molecular complexity index is 465. The van der Waals surface area contributed by atoms with Gasteiger partial charge in [-0.3, -0.25) is 9.69 Å². The fourth-order valence-electron chi connectivity index (χ4n) is 2.76. The molecule has 1 saturated carbocycles. The molecule has 0 aliphatic heterocycles. The molecule has 0 N–H and O–H groups in total. The molecule has 1 aliphatic carbocycles. The number of rotatable bonds is 3. The summed E-state index contributed by atoms with van der Waals surface area (Å²) >= 11 is 0. The van der Waals surface area contributed by atoms with E-state index >= 15 is 0 Å². The van der Waals surface area contributed by atoms with Crippen LogP contribution >= 0.6 is 0 Å². The first kappa shape index (κ1) is 13.1. The number of Topliss-reactive ketones (excluding diaryl/α,β-unsaturated/α-hetero) is 1. The van der Waals surface area contributed by atoms with Crippen LogP contribution in [0.25, 0.3) is 0 Å². The van der Waals surface area contributed by atoms with Gasteiger partial charge in [-0.2, -0.15) is 0 Å². The van der Waals surface area contributed by atoms with Crippen molar-refractivity contribution in [1.29, 1.82) is 0 Å². The maximum Gasteiger partial charge on any atom is 0.186 e. The van der Waals surface area contributed by atoms with E-state index in [0.29, 0.717) is 12.8 Å². The zero-order valence-electron chi connectivity index (χ0n) is 10.7. The fourth-order valence-corrected chi connectivity index (χ4v) is 2.76. The number of likely N-dealkylation sites (N-methyl/N-ethyl adjacent to an activating group) is 1. The molecule has 4 heteroatoms. The van der Waals surface area contributed by atoms with Gasteiger partial charge in [0.1, 0.15) is 11.6 Å². The van der Waals surface area contributed by atoms with Crippen molar-refractivity contribution in [3.8, 4) is 0 Å². The van der Waals surface area contributed by atoms with Gasteiger partial charge in [0, 0.05) is 0 Å². The van der Waals surface area contributed by atoms with Gasteiger partial charge in [-0.1, -0.05) is 12.8 Å². The van der Waals surface area contributed by atoms with E-state index in [4.69, 9.17) is 0 Å². The van der Waals surface area contributed by atoms with E-state index in [0.717, 1.165) is 31.0 Å². The SMILES string of the molecule is CN(C)C1(C(=O)c2cc(F)ccc2F)CCCC1. The van der Waals surface area contributed by atoms with Gasteiger partial charge in [-0.25, -0.2) is 8.78 Å². The van der Waals surface area contributed by atoms with Gasteiger partial charge < -0.3 is 0 Å². The lowest BCUT2D eigenvalue weighted by Gasteiger charge is -2.34. The summed E-state index contributed by atoms with van der Waals surface area (Å²) in [6.07, 6.45) is 3.30. The second-order valence-corrected chi connectivity index (χ2v) is 5.09. The quantitative estimate of drug-likeness (QED) is 0.772. The Kier molecular flexibility index (Phi) is 3.48. The molecule has 0 bridgehead atoms. The maximum atomic E-state index is 13.7. The summed E-state index contributed by atoms with van der Waals surface area (Å²) in [7, 11) is 3.64. The standard InChI is InChI=1S/C14H17F2NO/c1-17(2)14(7-3-4-8-14)13(18)11-9-10(15)5-6-12(11)16/h5-6,9H,3-4,7-8H2,1-2H3. The highest BCUT2D eigenvalue weighted by molar-refractivity contribution is 6.03. The van der Waals surface area contributed by atoms with Crippen LogP contribution in [0.1, 0.15) is 36.0 Å². The first-order valence-electron chi connectivity index (χ1n) is 6.15. The lowest BCUT2D eigenvalue weighted by Crippen LogP contribution is -2.49. The van der Waals surface area contributed by atoms with Gasteiger partial charge in [0.25, 0.3) is 0 Å². The molecule has 98 valence electrons. The third kappa shape index (κ3) is 2.05. The topological polar surface area (TPSA) is 20.3 Å². The molecule has 0 aromatic heterocycles. The molecule has 0 unspecified atom stereocenters. The van der Waals surface area contributed by atoms with Crippen LogP contribution in [-0.2, 0) is 0 Å². The van der Waals surface area contributed by atoms with Crippen molar-refractivity contribution in [2.45, 2.75) is 31.2 Å². The van der Waals surface area contributed by atoms with Gasteiger partial charge >= 0.3 is 0 Å². The Morgan fingerprint density at radius 3 is 2.39 bits per heavy atom. The third-order valence-corrected chi connectivity index (χ3v) is 3.88. The predicted octanol–water partition coefficient (Wildman–Crippen LogP) is 3.02. The number of hydrogen-bond acceptors (Lipinski definition) is 2. The van der Waals surface area contributed by atoms with Crippen molar-refractivity contribution in [3.63, 3.8) is 0 Å². The summed E-state index contributed by atoms with van der Waals surface area (Å²) in [6, 6.07) is 3.05. The minimum atomic E-state index is -0.672. The lowest BCUT2D eigenvalue weighted by atomic mass is 9.86. The minimum absolute atomic E-state index is 0.134. The number of ketones is 1. The summed E-state index contributed by atoms with van der Waals surface area (Å²) in [5, 5.41) is 0. The second kappa shape index (κ2) is 4.76. The van der Waals surface area contributed by atoms with Crippen LogP contribution in [0.4, 0.5) is 8.78 Å². The van der Waals surface area contributed by atoms with Crippen LogP contribution in [0.5, 0.6) is 0 Å². The van der Waals surface area contributed by atoms with Gasteiger partial charge in [-0.05, 0) is 45.1 Å². The van der Waals surface area contributed by atoms with E-state index in [-0.39, 0.29) is 11.3 Å². The van der Waals surface area contributed by atoms with Crippen molar-refractivity contribution < 1.29 is 13.6 Å². The Hall–Kier alpha value is -1.29. The van der Waals surface area contributed by atoms with Crippen LogP contribution in [0.3, 0.4) is 0 Å². The predicted molar refractivity (Wildman–Crippen MR) is 65.6 cm³/mol. The average molecular weight is 253 g/mol. The molecule has 0 amide bonds. The molecule has 0 spiro atoms. The third-order valence-electron chi connectivity index (χ3n) is 3.88. The van der Waals surface area contributed by atoms with Gasteiger partial charge in [0.2, 0.25) is 0 Å². The van der Waals surface area contributed by atoms with Gasteiger partial charge in [0.15, 0.2) is 5.78 Å². The molecular formula is C14H17F2NO. The number of halogens is 2. The van der Waals surface area contributed by atoms with E-state index in [1.165, 1.54) is 0 Å². The number of carbonyl (C=O) groups excluding carboxylic acids is 1. The number of nitrogens with zero attached hydrogens (tertiary/aromatic N) is 1. The summed E-state index contributed by atoms with van der Waals surface area (Å²) in [4.78, 5) is 14.4. The molecule has 2 nitrogen and oxygen atoms in total. The number of benzene rings is 1. The Morgan fingerprint density at radius 2 is 1.83 bits per heavy atom. The monoisotopic (exact) mass is 253 g/mol. The van der Waals surface area contributed by atoms with Crippen molar-refractivity contribution in [3.05, 3.63) is 35.4 Å². The largest absolute Gasteiger partial charge is 0.297 e. The summed E-state index contributed by atoms with van der Waals surface area (Å²) in [6.45, 7) is 0. The minimum Gasteiger partial charge on any atom is -0.297 e. The molecule has 0 heterocycles. The molecule has 1 aromatic rings. The normalized spacial score (nSPS) is 18.3. The van der Waals surface area contributed by atoms with E-state index in [1.54, 1.807) is 0 Å². The molecule has 1 fully saturated rings. The summed E-state index contributed by atoms with van der Waals surface area (Å²) in [5.41, 5.74) is -0.806. The van der Waals surface area contributed by atoms with Crippen LogP contribution in [0.15, 0.2) is 18.2 Å².